The van der Waals surface area contributed by atoms with Gasteiger partial charge >= 0.3 is 0 Å². The number of aldehydes is 1. The SMILES string of the molecule is COc1nc(C2CC2)nc(OC(C)C)c1C=O. The molecule has 1 heterocycles. The summed E-state index contributed by atoms with van der Waals surface area (Å²) in [5, 5.41) is 0. The first-order valence-corrected chi connectivity index (χ1v) is 5.73. The van der Waals surface area contributed by atoms with Gasteiger partial charge in [0.15, 0.2) is 6.29 Å². The van der Waals surface area contributed by atoms with Crippen molar-refractivity contribution in [1.29, 1.82) is 0 Å². The number of methoxy groups -OCH3 is 1. The van der Waals surface area contributed by atoms with E-state index in [9.17, 15) is 4.79 Å². The number of rotatable bonds is 5. The number of aromatic nitrogens is 2. The molecule has 1 aromatic heterocycles. The summed E-state index contributed by atoms with van der Waals surface area (Å²) >= 11 is 0. The third-order valence-corrected chi connectivity index (χ3v) is 2.49. The molecule has 1 aliphatic carbocycles. The smallest absolute Gasteiger partial charge is 0.231 e. The molecule has 5 heteroatoms. The molecule has 0 amide bonds. The van der Waals surface area contributed by atoms with E-state index in [2.05, 4.69) is 9.97 Å². The molecular weight excluding hydrogens is 220 g/mol. The van der Waals surface area contributed by atoms with E-state index >= 15 is 0 Å². The number of hydrogen-bond acceptors (Lipinski definition) is 5. The van der Waals surface area contributed by atoms with E-state index in [1.807, 2.05) is 13.8 Å². The van der Waals surface area contributed by atoms with E-state index in [0.717, 1.165) is 12.8 Å². The fourth-order valence-electron chi connectivity index (χ4n) is 1.54. The second kappa shape index (κ2) is 4.69. The number of hydrogen-bond donors (Lipinski definition) is 0. The molecule has 17 heavy (non-hydrogen) atoms. The molecule has 1 saturated carbocycles. The lowest BCUT2D eigenvalue weighted by Gasteiger charge is -2.13. The van der Waals surface area contributed by atoms with Crippen LogP contribution in [0.3, 0.4) is 0 Å². The molecule has 2 rings (SSSR count). The van der Waals surface area contributed by atoms with E-state index < -0.39 is 0 Å². The molecule has 0 N–H and O–H groups in total. The molecule has 1 aliphatic rings. The third-order valence-electron chi connectivity index (χ3n) is 2.49. The predicted molar refractivity (Wildman–Crippen MR) is 61.7 cm³/mol. The van der Waals surface area contributed by atoms with E-state index in [-0.39, 0.29) is 11.7 Å². The highest BCUT2D eigenvalue weighted by atomic mass is 16.5. The van der Waals surface area contributed by atoms with Gasteiger partial charge in [0.05, 0.1) is 13.2 Å². The van der Waals surface area contributed by atoms with Gasteiger partial charge in [0.1, 0.15) is 11.4 Å². The summed E-state index contributed by atoms with van der Waals surface area (Å²) < 4.78 is 10.6. The fraction of sp³-hybridized carbons (Fsp3) is 0.583. The van der Waals surface area contributed by atoms with Crippen LogP contribution in [0.5, 0.6) is 11.8 Å². The van der Waals surface area contributed by atoms with Crippen LogP contribution >= 0.6 is 0 Å². The fourth-order valence-corrected chi connectivity index (χ4v) is 1.54. The van der Waals surface area contributed by atoms with Crippen LogP contribution in [0.15, 0.2) is 0 Å². The van der Waals surface area contributed by atoms with E-state index in [1.165, 1.54) is 7.11 Å². The van der Waals surface area contributed by atoms with Gasteiger partial charge in [0, 0.05) is 5.92 Å². The molecule has 0 radical (unpaired) electrons. The van der Waals surface area contributed by atoms with Gasteiger partial charge in [-0.05, 0) is 26.7 Å². The van der Waals surface area contributed by atoms with Gasteiger partial charge in [-0.25, -0.2) is 0 Å². The molecule has 1 fully saturated rings. The maximum absolute atomic E-state index is 11.0. The Morgan fingerprint density at radius 2 is 1.94 bits per heavy atom. The Kier molecular flexibility index (Phi) is 3.26. The maximum Gasteiger partial charge on any atom is 0.231 e. The lowest BCUT2D eigenvalue weighted by Crippen LogP contribution is -2.12. The lowest BCUT2D eigenvalue weighted by molar-refractivity contribution is 0.111. The van der Waals surface area contributed by atoms with Crippen molar-refractivity contribution >= 4 is 6.29 Å². The van der Waals surface area contributed by atoms with Crippen molar-refractivity contribution in [1.82, 2.24) is 9.97 Å². The van der Waals surface area contributed by atoms with Crippen molar-refractivity contribution in [2.75, 3.05) is 7.11 Å². The average molecular weight is 236 g/mol. The number of carbonyl (C=O) groups is 1. The Morgan fingerprint density at radius 1 is 1.29 bits per heavy atom. The van der Waals surface area contributed by atoms with Crippen LogP contribution in [-0.4, -0.2) is 29.5 Å². The molecule has 0 aliphatic heterocycles. The molecule has 0 atom stereocenters. The van der Waals surface area contributed by atoms with Crippen molar-refractivity contribution in [3.05, 3.63) is 11.4 Å². The zero-order valence-corrected chi connectivity index (χ0v) is 10.3. The van der Waals surface area contributed by atoms with Gasteiger partial charge in [-0.2, -0.15) is 9.97 Å². The summed E-state index contributed by atoms with van der Waals surface area (Å²) in [5.41, 5.74) is 0.283. The average Bonchev–Trinajstić information content (AvgIpc) is 3.10. The summed E-state index contributed by atoms with van der Waals surface area (Å²) in [7, 11) is 1.49. The van der Waals surface area contributed by atoms with Crippen LogP contribution < -0.4 is 9.47 Å². The molecule has 0 unspecified atom stereocenters. The topological polar surface area (TPSA) is 61.3 Å². The first-order chi connectivity index (χ1) is 8.15. The van der Waals surface area contributed by atoms with Gasteiger partial charge < -0.3 is 9.47 Å². The Balaban J connectivity index is 2.43. The highest BCUT2D eigenvalue weighted by Gasteiger charge is 2.29. The number of carbonyl (C=O) groups excluding carboxylic acids is 1. The summed E-state index contributed by atoms with van der Waals surface area (Å²) in [4.78, 5) is 19.6. The van der Waals surface area contributed by atoms with Crippen LogP contribution in [0.4, 0.5) is 0 Å². The van der Waals surface area contributed by atoms with Crippen LogP contribution in [0.25, 0.3) is 0 Å². The minimum absolute atomic E-state index is 0.0413. The standard InChI is InChI=1S/C12H16N2O3/c1-7(2)17-12-9(6-15)11(16-3)13-10(14-12)8-4-5-8/h6-8H,4-5H2,1-3H3. The van der Waals surface area contributed by atoms with E-state index in [4.69, 9.17) is 9.47 Å². The first kappa shape index (κ1) is 11.8. The molecule has 1 aromatic rings. The quantitative estimate of drug-likeness (QED) is 0.731. The third kappa shape index (κ3) is 2.54. The molecule has 92 valence electrons. The van der Waals surface area contributed by atoms with Crippen LogP contribution in [0, 0.1) is 0 Å². The van der Waals surface area contributed by atoms with Gasteiger partial charge in [-0.1, -0.05) is 0 Å². The minimum Gasteiger partial charge on any atom is -0.480 e. The second-order valence-electron chi connectivity index (χ2n) is 4.37. The number of ether oxygens (including phenoxy) is 2. The normalized spacial score (nSPS) is 14.8. The van der Waals surface area contributed by atoms with Crippen LogP contribution in [0.1, 0.15) is 48.8 Å². The Labute approximate surface area is 100 Å². The first-order valence-electron chi connectivity index (χ1n) is 5.73. The van der Waals surface area contributed by atoms with Gasteiger partial charge in [0.2, 0.25) is 11.8 Å². The van der Waals surface area contributed by atoms with Gasteiger partial charge in [-0.15, -0.1) is 0 Å². The summed E-state index contributed by atoms with van der Waals surface area (Å²) in [5.74, 6) is 1.72. The van der Waals surface area contributed by atoms with Crippen molar-refractivity contribution < 1.29 is 14.3 Å². The molecule has 0 bridgehead atoms. The maximum atomic E-state index is 11.0. The molecular formula is C12H16N2O3. The molecule has 0 aromatic carbocycles. The monoisotopic (exact) mass is 236 g/mol. The van der Waals surface area contributed by atoms with Crippen LogP contribution in [0.2, 0.25) is 0 Å². The largest absolute Gasteiger partial charge is 0.480 e. The Hall–Kier alpha value is -1.65. The van der Waals surface area contributed by atoms with Crippen LogP contribution in [-0.2, 0) is 0 Å². The van der Waals surface area contributed by atoms with Crippen molar-refractivity contribution in [2.24, 2.45) is 0 Å². The van der Waals surface area contributed by atoms with Crippen molar-refractivity contribution in [2.45, 2.75) is 38.7 Å². The van der Waals surface area contributed by atoms with Gasteiger partial charge in [0.25, 0.3) is 0 Å². The summed E-state index contributed by atoms with van der Waals surface area (Å²) in [6.07, 6.45) is 2.81. The zero-order chi connectivity index (χ0) is 12.4. The predicted octanol–water partition coefficient (Wildman–Crippen LogP) is 1.96. The Morgan fingerprint density at radius 3 is 2.41 bits per heavy atom. The zero-order valence-electron chi connectivity index (χ0n) is 10.3. The van der Waals surface area contributed by atoms with Crippen molar-refractivity contribution in [3.8, 4) is 11.8 Å². The molecule has 0 spiro atoms. The van der Waals surface area contributed by atoms with Gasteiger partial charge in [-0.3, -0.25) is 4.79 Å². The van der Waals surface area contributed by atoms with E-state index in [1.54, 1.807) is 0 Å². The number of nitrogens with zero attached hydrogens (tertiary/aromatic N) is 2. The minimum atomic E-state index is -0.0413. The molecule has 5 nitrogen and oxygen atoms in total. The highest BCUT2D eigenvalue weighted by molar-refractivity contribution is 5.81. The second-order valence-corrected chi connectivity index (χ2v) is 4.37. The summed E-state index contributed by atoms with van der Waals surface area (Å²) in [6.45, 7) is 3.78. The van der Waals surface area contributed by atoms with Crippen molar-refractivity contribution in [3.63, 3.8) is 0 Å². The lowest BCUT2D eigenvalue weighted by atomic mass is 10.3. The Bertz CT molecular complexity index is 428. The van der Waals surface area contributed by atoms with E-state index in [0.29, 0.717) is 29.8 Å². The highest BCUT2D eigenvalue weighted by Crippen LogP contribution is 2.40. The molecule has 0 saturated heterocycles. The summed E-state index contributed by atoms with van der Waals surface area (Å²) in [6, 6.07) is 0.